The molecule has 0 unspecified atom stereocenters. The van der Waals surface area contributed by atoms with Crippen LogP contribution in [0.25, 0.3) is 0 Å². The molecule has 92 valence electrons. The topological polar surface area (TPSA) is 46.5 Å². The van der Waals surface area contributed by atoms with E-state index < -0.39 is 5.97 Å². The fourth-order valence-electron chi connectivity index (χ4n) is 0.981. The van der Waals surface area contributed by atoms with Crippen molar-refractivity contribution in [3.63, 3.8) is 0 Å². The monoisotopic (exact) mass is 220 g/mol. The third-order valence-corrected chi connectivity index (χ3v) is 1.71. The minimum absolute atomic E-state index is 0.140. The Morgan fingerprint density at radius 3 is 2.13 bits per heavy atom. The van der Waals surface area contributed by atoms with E-state index in [-0.39, 0.29) is 12.6 Å². The Hall–Kier alpha value is -0.610. The second-order valence-corrected chi connectivity index (χ2v) is 4.13. The third kappa shape index (κ3) is 13.4. The van der Waals surface area contributed by atoms with Gasteiger partial charge in [-0.05, 0) is 13.8 Å². The van der Waals surface area contributed by atoms with Gasteiger partial charge in [0.05, 0.1) is 26.8 Å². The molecule has 0 aromatic heterocycles. The van der Waals surface area contributed by atoms with Gasteiger partial charge in [0.25, 0.3) is 0 Å². The fourth-order valence-corrected chi connectivity index (χ4v) is 0.981. The molecule has 0 atom stereocenters. The van der Waals surface area contributed by atoms with E-state index in [9.17, 15) is 4.79 Å². The molecule has 0 aliphatic carbocycles. The van der Waals surface area contributed by atoms with E-state index in [0.717, 1.165) is 6.54 Å². The first-order valence-corrected chi connectivity index (χ1v) is 5.49. The highest BCUT2D eigenvalue weighted by Gasteiger charge is 2.18. The predicted molar refractivity (Wildman–Crippen MR) is 61.9 cm³/mol. The molecule has 0 fully saturated rings. The van der Waals surface area contributed by atoms with Crippen molar-refractivity contribution in [3.8, 4) is 0 Å². The maximum atomic E-state index is 10.5. The van der Waals surface area contributed by atoms with Gasteiger partial charge in [-0.25, -0.2) is 4.79 Å². The van der Waals surface area contributed by atoms with Gasteiger partial charge in [0.15, 0.2) is 6.54 Å². The molecule has 15 heavy (non-hydrogen) atoms. The number of carboxylic acids is 1. The molecular weight excluding hydrogens is 194 g/mol. The van der Waals surface area contributed by atoms with E-state index >= 15 is 0 Å². The highest BCUT2D eigenvalue weighted by molar-refractivity contribution is 5.67. The smallest absolute Gasteiger partial charge is 0.359 e. The zero-order chi connectivity index (χ0) is 12.5. The zero-order valence-electron chi connectivity index (χ0n) is 10.9. The Balaban J connectivity index is 0. The highest BCUT2D eigenvalue weighted by Crippen LogP contribution is 1.97. The number of quaternary nitrogens is 1. The van der Waals surface area contributed by atoms with E-state index in [2.05, 4.69) is 0 Å². The van der Waals surface area contributed by atoms with Gasteiger partial charge < -0.3 is 14.3 Å². The fraction of sp³-hybridized carbons (Fsp3) is 0.909. The van der Waals surface area contributed by atoms with Gasteiger partial charge in [-0.2, -0.15) is 0 Å². The summed E-state index contributed by atoms with van der Waals surface area (Å²) in [5, 5.41) is 8.60. The van der Waals surface area contributed by atoms with Crippen molar-refractivity contribution in [2.45, 2.75) is 33.8 Å². The molecule has 0 bridgehead atoms. The zero-order valence-corrected chi connectivity index (χ0v) is 10.9. The summed E-state index contributed by atoms with van der Waals surface area (Å²) in [5.41, 5.74) is 0. The summed E-state index contributed by atoms with van der Waals surface area (Å²) in [4.78, 5) is 10.5. The van der Waals surface area contributed by atoms with E-state index in [0.29, 0.717) is 11.1 Å². The summed E-state index contributed by atoms with van der Waals surface area (Å²) in [6.45, 7) is 9.41. The molecule has 0 aromatic rings. The van der Waals surface area contributed by atoms with Gasteiger partial charge in [0, 0.05) is 0 Å². The summed E-state index contributed by atoms with van der Waals surface area (Å²) < 4.78 is 5.81. The number of aliphatic carboxylic acids is 1. The van der Waals surface area contributed by atoms with Crippen LogP contribution in [0.4, 0.5) is 0 Å². The number of likely N-dealkylation sites (N-methyl/N-ethyl adjacent to an activating group) is 1. The maximum Gasteiger partial charge on any atom is 0.359 e. The van der Waals surface area contributed by atoms with Crippen molar-refractivity contribution in [3.05, 3.63) is 0 Å². The first-order valence-electron chi connectivity index (χ1n) is 5.49. The summed E-state index contributed by atoms with van der Waals surface area (Å²) in [5.74, 6) is -0.769. The number of ether oxygens (including phenoxy) is 1. The van der Waals surface area contributed by atoms with Crippen molar-refractivity contribution >= 4 is 5.97 Å². The molecule has 0 amide bonds. The van der Waals surface area contributed by atoms with Gasteiger partial charge in [-0.1, -0.05) is 13.8 Å². The molecule has 4 nitrogen and oxygen atoms in total. The lowest BCUT2D eigenvalue weighted by molar-refractivity contribution is -0.883. The number of nitrogens with zero attached hydrogens (tertiary/aromatic N) is 1. The van der Waals surface area contributed by atoms with Crippen LogP contribution in [0.15, 0.2) is 0 Å². The Morgan fingerprint density at radius 2 is 1.80 bits per heavy atom. The van der Waals surface area contributed by atoms with Crippen LogP contribution in [-0.4, -0.2) is 55.5 Å². The number of hydrogen-bond donors (Lipinski definition) is 1. The normalized spacial score (nSPS) is 10.9. The van der Waals surface area contributed by atoms with E-state index in [1.165, 1.54) is 0 Å². The third-order valence-electron chi connectivity index (χ3n) is 1.71. The van der Waals surface area contributed by atoms with Gasteiger partial charge in [-0.15, -0.1) is 0 Å². The van der Waals surface area contributed by atoms with E-state index in [1.54, 1.807) is 0 Å². The molecule has 4 heteroatoms. The van der Waals surface area contributed by atoms with Crippen molar-refractivity contribution < 1.29 is 19.1 Å². The van der Waals surface area contributed by atoms with Crippen molar-refractivity contribution in [1.82, 2.24) is 0 Å². The molecule has 0 heterocycles. The molecule has 0 saturated heterocycles. The standard InChI is InChI=1S/C9H19NO3.C2H6/c1-8(2)13-6-5-10(3,4)7-9(11)12;1-2/h8H,5-7H2,1-4H3;1-2H3/p+1. The first kappa shape index (κ1) is 16.8. The second-order valence-electron chi connectivity index (χ2n) is 4.13. The maximum absolute atomic E-state index is 10.5. The molecule has 0 saturated carbocycles. The predicted octanol–water partition coefficient (Wildman–Crippen LogP) is 1.60. The molecular formula is C11H26NO3+. The first-order chi connectivity index (χ1) is 6.83. The Bertz CT molecular complexity index is 167. The summed E-state index contributed by atoms with van der Waals surface area (Å²) in [6.07, 6.45) is 0.213. The lowest BCUT2D eigenvalue weighted by atomic mass is 10.4. The van der Waals surface area contributed by atoms with E-state index in [4.69, 9.17) is 9.84 Å². The number of carboxylic acid groups (broad SMARTS) is 1. The van der Waals surface area contributed by atoms with Crippen LogP contribution < -0.4 is 0 Å². The van der Waals surface area contributed by atoms with Crippen molar-refractivity contribution in [2.75, 3.05) is 33.8 Å². The van der Waals surface area contributed by atoms with Gasteiger partial charge in [-0.3, -0.25) is 0 Å². The largest absolute Gasteiger partial charge is 0.477 e. The molecule has 0 radical (unpaired) electrons. The Labute approximate surface area is 93.4 Å². The van der Waals surface area contributed by atoms with Crippen LogP contribution in [-0.2, 0) is 9.53 Å². The van der Waals surface area contributed by atoms with Crippen molar-refractivity contribution in [1.29, 1.82) is 0 Å². The van der Waals surface area contributed by atoms with Crippen LogP contribution in [0.5, 0.6) is 0 Å². The van der Waals surface area contributed by atoms with E-state index in [1.807, 2.05) is 41.8 Å². The van der Waals surface area contributed by atoms with Crippen LogP contribution >= 0.6 is 0 Å². The number of rotatable bonds is 6. The van der Waals surface area contributed by atoms with Crippen molar-refractivity contribution in [2.24, 2.45) is 0 Å². The molecule has 0 spiro atoms. The molecule has 1 N–H and O–H groups in total. The minimum atomic E-state index is -0.769. The average molecular weight is 220 g/mol. The van der Waals surface area contributed by atoms with Gasteiger partial charge in [0.1, 0.15) is 6.54 Å². The molecule has 0 aliphatic heterocycles. The minimum Gasteiger partial charge on any atom is -0.477 e. The van der Waals surface area contributed by atoms with Gasteiger partial charge >= 0.3 is 5.97 Å². The second kappa shape index (κ2) is 8.68. The Morgan fingerprint density at radius 1 is 1.33 bits per heavy atom. The highest BCUT2D eigenvalue weighted by atomic mass is 16.5. The summed E-state index contributed by atoms with van der Waals surface area (Å²) in [7, 11) is 3.77. The molecule has 0 aliphatic rings. The number of carbonyl (C=O) groups is 1. The lowest BCUT2D eigenvalue weighted by Gasteiger charge is -2.27. The van der Waals surface area contributed by atoms with Crippen LogP contribution in [0.2, 0.25) is 0 Å². The lowest BCUT2D eigenvalue weighted by Crippen LogP contribution is -2.46. The summed E-state index contributed by atoms with van der Waals surface area (Å²) >= 11 is 0. The number of hydrogen-bond acceptors (Lipinski definition) is 2. The Kier molecular flexibility index (Phi) is 9.72. The average Bonchev–Trinajstić information content (AvgIpc) is 2.04. The van der Waals surface area contributed by atoms with Crippen LogP contribution in [0.1, 0.15) is 27.7 Å². The molecule has 0 rings (SSSR count). The molecule has 0 aromatic carbocycles. The summed E-state index contributed by atoms with van der Waals surface area (Å²) in [6, 6.07) is 0. The quantitative estimate of drug-likeness (QED) is 0.692. The van der Waals surface area contributed by atoms with Crippen LogP contribution in [0, 0.1) is 0 Å². The van der Waals surface area contributed by atoms with Crippen LogP contribution in [0.3, 0.4) is 0 Å². The SMILES string of the molecule is CC.CC(C)OCC[N+](C)(C)CC(=O)O. The van der Waals surface area contributed by atoms with Gasteiger partial charge in [0.2, 0.25) is 0 Å².